The van der Waals surface area contributed by atoms with Crippen LogP contribution in [-0.2, 0) is 20.0 Å². The molecular weight excluding hydrogens is 368 g/mol. The number of hydrogen-bond acceptors (Lipinski definition) is 4. The summed E-state index contributed by atoms with van der Waals surface area (Å²) in [6, 6.07) is 5.43. The Balaban J connectivity index is 1.39. The molecule has 4 heterocycles. The van der Waals surface area contributed by atoms with E-state index in [0.29, 0.717) is 17.6 Å². The van der Waals surface area contributed by atoms with Crippen molar-refractivity contribution in [2.75, 3.05) is 13.1 Å². The lowest BCUT2D eigenvalue weighted by atomic mass is 9.96. The minimum Gasteiger partial charge on any atom is -0.338 e. The summed E-state index contributed by atoms with van der Waals surface area (Å²) >= 11 is 0. The number of nitrogens with zero attached hydrogens (tertiary/aromatic N) is 5. The number of aryl methyl sites for hydroxylation is 2. The van der Waals surface area contributed by atoms with Gasteiger partial charge in [0, 0.05) is 44.6 Å². The Labute approximate surface area is 168 Å². The third-order valence-corrected chi connectivity index (χ3v) is 6.36. The number of carbonyl (C=O) groups is 1. The maximum atomic E-state index is 13.2. The first-order valence-corrected chi connectivity index (χ1v) is 10.5. The molecular formula is C21H26N6O2. The van der Waals surface area contributed by atoms with Gasteiger partial charge in [0.2, 0.25) is 0 Å². The number of hydrogen-bond donors (Lipinski definition) is 1. The van der Waals surface area contributed by atoms with Crippen LogP contribution in [0.2, 0.25) is 0 Å². The summed E-state index contributed by atoms with van der Waals surface area (Å²) in [4.78, 5) is 29.7. The van der Waals surface area contributed by atoms with Gasteiger partial charge in [0.25, 0.3) is 5.91 Å². The molecule has 1 atom stereocenters. The van der Waals surface area contributed by atoms with Crippen molar-refractivity contribution in [3.8, 4) is 0 Å². The van der Waals surface area contributed by atoms with E-state index in [1.165, 1.54) is 19.3 Å². The topological polar surface area (TPSA) is 88.8 Å². The van der Waals surface area contributed by atoms with Gasteiger partial charge in [-0.2, -0.15) is 0 Å². The lowest BCUT2D eigenvalue weighted by Crippen LogP contribution is -2.39. The van der Waals surface area contributed by atoms with E-state index in [-0.39, 0.29) is 17.5 Å². The first kappa shape index (κ1) is 18.1. The summed E-state index contributed by atoms with van der Waals surface area (Å²) < 4.78 is 3.85. The smallest absolute Gasteiger partial charge is 0.326 e. The Hall–Kier alpha value is -2.90. The lowest BCUT2D eigenvalue weighted by Gasteiger charge is -2.32. The standard InChI is InChI=1S/C21H26N6O2/c1-25-17-9-8-14(12-16(17)22-21(25)29)20(28)26-10-5-6-15(13-26)19-24-23-18-7-3-2-4-11-27(18)19/h8-9,12,15H,2-7,10-11,13H2,1H3,(H,22,29). The molecule has 8 nitrogen and oxygen atoms in total. The van der Waals surface area contributed by atoms with Crippen LogP contribution in [0.5, 0.6) is 0 Å². The molecule has 3 aromatic rings. The van der Waals surface area contributed by atoms with Crippen LogP contribution in [0.1, 0.15) is 60.0 Å². The number of amides is 1. The molecule has 1 amide bonds. The van der Waals surface area contributed by atoms with Crippen LogP contribution in [-0.4, -0.2) is 48.2 Å². The Morgan fingerprint density at radius 2 is 2.03 bits per heavy atom. The third kappa shape index (κ3) is 3.16. The predicted molar refractivity (Wildman–Crippen MR) is 109 cm³/mol. The molecule has 1 unspecified atom stereocenters. The zero-order valence-electron chi connectivity index (χ0n) is 16.7. The van der Waals surface area contributed by atoms with Crippen LogP contribution >= 0.6 is 0 Å². The molecule has 0 spiro atoms. The van der Waals surface area contributed by atoms with Gasteiger partial charge in [-0.15, -0.1) is 10.2 Å². The van der Waals surface area contributed by atoms with Crippen LogP contribution in [0.25, 0.3) is 11.0 Å². The van der Waals surface area contributed by atoms with E-state index in [1.807, 2.05) is 17.0 Å². The zero-order valence-corrected chi connectivity index (χ0v) is 16.7. The maximum Gasteiger partial charge on any atom is 0.326 e. The molecule has 1 N–H and O–H groups in total. The van der Waals surface area contributed by atoms with Crippen LogP contribution in [0, 0.1) is 0 Å². The molecule has 1 aromatic carbocycles. The third-order valence-electron chi connectivity index (χ3n) is 6.36. The Kier molecular flexibility index (Phi) is 4.49. The zero-order chi connectivity index (χ0) is 20.0. The summed E-state index contributed by atoms with van der Waals surface area (Å²) in [7, 11) is 1.72. The van der Waals surface area contributed by atoms with Crippen molar-refractivity contribution in [1.29, 1.82) is 0 Å². The van der Waals surface area contributed by atoms with Gasteiger partial charge in [0.05, 0.1) is 11.0 Å². The lowest BCUT2D eigenvalue weighted by molar-refractivity contribution is 0.0703. The van der Waals surface area contributed by atoms with E-state index >= 15 is 0 Å². The molecule has 8 heteroatoms. The molecule has 0 saturated carbocycles. The number of imidazole rings is 1. The summed E-state index contributed by atoms with van der Waals surface area (Å²) in [5, 5.41) is 8.95. The van der Waals surface area contributed by atoms with Crippen LogP contribution in [0.4, 0.5) is 0 Å². The Bertz CT molecular complexity index is 1120. The number of fused-ring (bicyclic) bond motifs is 2. The van der Waals surface area contributed by atoms with Crippen molar-refractivity contribution in [2.45, 2.75) is 51.0 Å². The number of H-pyrrole nitrogens is 1. The molecule has 2 aromatic heterocycles. The predicted octanol–water partition coefficient (Wildman–Crippen LogP) is 2.20. The molecule has 0 radical (unpaired) electrons. The minimum atomic E-state index is -0.171. The Morgan fingerprint density at radius 1 is 1.14 bits per heavy atom. The van der Waals surface area contributed by atoms with E-state index < -0.39 is 0 Å². The second kappa shape index (κ2) is 7.17. The second-order valence-corrected chi connectivity index (χ2v) is 8.25. The fourth-order valence-electron chi connectivity index (χ4n) is 4.73. The number of rotatable bonds is 2. The highest BCUT2D eigenvalue weighted by Crippen LogP contribution is 2.29. The number of benzene rings is 1. The van der Waals surface area contributed by atoms with E-state index in [1.54, 1.807) is 17.7 Å². The van der Waals surface area contributed by atoms with E-state index in [0.717, 1.165) is 49.5 Å². The monoisotopic (exact) mass is 394 g/mol. The largest absolute Gasteiger partial charge is 0.338 e. The van der Waals surface area contributed by atoms with Crippen LogP contribution in [0.3, 0.4) is 0 Å². The highest BCUT2D eigenvalue weighted by Gasteiger charge is 2.30. The quantitative estimate of drug-likeness (QED) is 0.722. The van der Waals surface area contributed by atoms with Crippen molar-refractivity contribution in [3.05, 3.63) is 45.9 Å². The maximum absolute atomic E-state index is 13.2. The number of piperidine rings is 1. The molecule has 5 rings (SSSR count). The number of nitrogens with one attached hydrogen (secondary N) is 1. The molecule has 2 aliphatic rings. The average molecular weight is 394 g/mol. The van der Waals surface area contributed by atoms with Crippen LogP contribution in [0.15, 0.2) is 23.0 Å². The van der Waals surface area contributed by atoms with Gasteiger partial charge in [0.15, 0.2) is 0 Å². The van der Waals surface area contributed by atoms with Gasteiger partial charge in [0.1, 0.15) is 11.6 Å². The number of likely N-dealkylation sites (tertiary alicyclic amines) is 1. The van der Waals surface area contributed by atoms with E-state index in [9.17, 15) is 9.59 Å². The number of aromatic amines is 1. The molecule has 1 saturated heterocycles. The van der Waals surface area contributed by atoms with E-state index in [4.69, 9.17) is 0 Å². The number of carbonyl (C=O) groups excluding carboxylic acids is 1. The normalized spacial score (nSPS) is 19.9. The van der Waals surface area contributed by atoms with Crippen molar-refractivity contribution in [2.24, 2.45) is 7.05 Å². The fourth-order valence-corrected chi connectivity index (χ4v) is 4.73. The first-order valence-electron chi connectivity index (χ1n) is 10.5. The summed E-state index contributed by atoms with van der Waals surface area (Å²) in [6.45, 7) is 2.40. The molecule has 29 heavy (non-hydrogen) atoms. The average Bonchev–Trinajstić information content (AvgIpc) is 3.17. The van der Waals surface area contributed by atoms with Gasteiger partial charge in [-0.25, -0.2) is 4.79 Å². The molecule has 2 aliphatic heterocycles. The van der Waals surface area contributed by atoms with Gasteiger partial charge in [-0.1, -0.05) is 6.42 Å². The van der Waals surface area contributed by atoms with Crippen molar-refractivity contribution in [1.82, 2.24) is 29.2 Å². The highest BCUT2D eigenvalue weighted by molar-refractivity contribution is 5.97. The molecule has 0 aliphatic carbocycles. The molecule has 152 valence electrons. The van der Waals surface area contributed by atoms with Gasteiger partial charge in [-0.05, 0) is 43.9 Å². The Morgan fingerprint density at radius 3 is 2.93 bits per heavy atom. The summed E-state index contributed by atoms with van der Waals surface area (Å²) in [5.41, 5.74) is 1.93. The SMILES string of the molecule is Cn1c(=O)[nH]c2cc(C(=O)N3CCCC(c4nnc5n4CCCCC5)C3)ccc21. The number of aromatic nitrogens is 5. The summed E-state index contributed by atoms with van der Waals surface area (Å²) in [5.74, 6) is 2.38. The molecule has 1 fully saturated rings. The highest BCUT2D eigenvalue weighted by atomic mass is 16.2. The van der Waals surface area contributed by atoms with Crippen molar-refractivity contribution >= 4 is 16.9 Å². The van der Waals surface area contributed by atoms with Crippen LogP contribution < -0.4 is 5.69 Å². The summed E-state index contributed by atoms with van der Waals surface area (Å²) in [6.07, 6.45) is 6.58. The molecule has 0 bridgehead atoms. The van der Waals surface area contributed by atoms with Gasteiger partial charge in [-0.3, -0.25) is 9.36 Å². The minimum absolute atomic E-state index is 0.0110. The van der Waals surface area contributed by atoms with Gasteiger partial charge < -0.3 is 14.5 Å². The first-order chi connectivity index (χ1) is 14.1. The fraction of sp³-hybridized carbons (Fsp3) is 0.524. The van der Waals surface area contributed by atoms with E-state index in [2.05, 4.69) is 19.7 Å². The van der Waals surface area contributed by atoms with Crippen molar-refractivity contribution < 1.29 is 4.79 Å². The van der Waals surface area contributed by atoms with Crippen molar-refractivity contribution in [3.63, 3.8) is 0 Å². The second-order valence-electron chi connectivity index (χ2n) is 8.25. The van der Waals surface area contributed by atoms with Gasteiger partial charge >= 0.3 is 5.69 Å².